The molecular formula is C14H22N4O. The van der Waals surface area contributed by atoms with Crippen LogP contribution in [0.15, 0.2) is 12.4 Å². The Kier molecular flexibility index (Phi) is 3.41. The van der Waals surface area contributed by atoms with Crippen molar-refractivity contribution in [3.8, 4) is 0 Å². The van der Waals surface area contributed by atoms with Gasteiger partial charge in [-0.2, -0.15) is 0 Å². The fourth-order valence-electron chi connectivity index (χ4n) is 3.69. The molecule has 1 saturated heterocycles. The second-order valence-corrected chi connectivity index (χ2v) is 6.03. The summed E-state index contributed by atoms with van der Waals surface area (Å²) in [5.74, 6) is 0.324. The van der Waals surface area contributed by atoms with Crippen molar-refractivity contribution in [2.45, 2.75) is 44.8 Å². The maximum absolute atomic E-state index is 10.3. The number of piperidine rings is 1. The van der Waals surface area contributed by atoms with E-state index < -0.39 is 0 Å². The molecule has 5 heteroatoms. The van der Waals surface area contributed by atoms with Gasteiger partial charge in [-0.1, -0.05) is 6.42 Å². The number of hydrogen-bond donors (Lipinski definition) is 2. The zero-order chi connectivity index (χ0) is 13.3. The van der Waals surface area contributed by atoms with E-state index >= 15 is 0 Å². The number of rotatable bonds is 2. The molecule has 2 aliphatic rings. The molecule has 2 atom stereocenters. The van der Waals surface area contributed by atoms with E-state index in [0.717, 1.165) is 31.6 Å². The van der Waals surface area contributed by atoms with Gasteiger partial charge in [-0.25, -0.2) is 9.97 Å². The van der Waals surface area contributed by atoms with Gasteiger partial charge >= 0.3 is 0 Å². The first-order chi connectivity index (χ1) is 9.18. The molecule has 1 spiro atoms. The maximum atomic E-state index is 10.3. The lowest BCUT2D eigenvalue weighted by Gasteiger charge is -2.42. The minimum absolute atomic E-state index is 0.113. The van der Waals surface area contributed by atoms with Crippen molar-refractivity contribution < 1.29 is 5.11 Å². The van der Waals surface area contributed by atoms with E-state index in [2.05, 4.69) is 14.9 Å². The number of hydrogen-bond acceptors (Lipinski definition) is 5. The number of anilines is 1. The normalized spacial score (nSPS) is 31.9. The first kappa shape index (κ1) is 12.8. The molecule has 104 valence electrons. The Morgan fingerprint density at radius 2 is 2.05 bits per heavy atom. The lowest BCUT2D eigenvalue weighted by atomic mass is 9.76. The molecule has 0 bridgehead atoms. The van der Waals surface area contributed by atoms with E-state index in [-0.39, 0.29) is 11.5 Å². The summed E-state index contributed by atoms with van der Waals surface area (Å²) in [6.07, 6.45) is 9.14. The van der Waals surface area contributed by atoms with Crippen molar-refractivity contribution in [1.82, 2.24) is 14.9 Å². The van der Waals surface area contributed by atoms with Crippen molar-refractivity contribution in [1.29, 1.82) is 0 Å². The molecule has 0 radical (unpaired) electrons. The minimum Gasteiger partial charge on any atom is -0.393 e. The first-order valence-electron chi connectivity index (χ1n) is 7.15. The van der Waals surface area contributed by atoms with Gasteiger partial charge in [0, 0.05) is 36.5 Å². The number of aromatic nitrogens is 2. The molecule has 2 heterocycles. The zero-order valence-corrected chi connectivity index (χ0v) is 11.3. The first-order valence-corrected chi connectivity index (χ1v) is 7.15. The number of nitrogen functional groups attached to an aromatic ring is 1. The molecule has 0 aromatic carbocycles. The van der Waals surface area contributed by atoms with Gasteiger partial charge in [0.15, 0.2) is 0 Å². The average Bonchev–Trinajstić information content (AvgIpc) is 2.74. The van der Waals surface area contributed by atoms with E-state index in [0.29, 0.717) is 5.95 Å². The number of nitrogens with zero attached hydrogens (tertiary/aromatic N) is 3. The van der Waals surface area contributed by atoms with Gasteiger partial charge in [0.1, 0.15) is 0 Å². The standard InChI is InChI=1S/C14H22N4O/c15-13-16-7-11(8-17-13)9-18-6-2-5-14(10-18)4-1-3-12(14)19/h7-8,12,19H,1-6,9-10H2,(H2,15,16,17)/t12-,14-/m1/s1. The number of aliphatic hydroxyl groups excluding tert-OH is 1. The Bertz CT molecular complexity index is 436. The number of aliphatic hydroxyl groups is 1. The third-order valence-corrected chi connectivity index (χ3v) is 4.68. The SMILES string of the molecule is Nc1ncc(CN2CCC[C@]3(CCC[C@H]3O)C2)cn1. The van der Waals surface area contributed by atoms with E-state index in [1.54, 1.807) is 12.4 Å². The third-order valence-electron chi connectivity index (χ3n) is 4.68. The molecule has 1 aliphatic heterocycles. The molecule has 3 N–H and O–H groups in total. The largest absolute Gasteiger partial charge is 0.393 e. The van der Waals surface area contributed by atoms with Gasteiger partial charge in [0.05, 0.1) is 6.10 Å². The predicted molar refractivity (Wildman–Crippen MR) is 73.2 cm³/mol. The number of likely N-dealkylation sites (tertiary alicyclic amines) is 1. The Labute approximate surface area is 113 Å². The second-order valence-electron chi connectivity index (χ2n) is 6.03. The van der Waals surface area contributed by atoms with Crippen molar-refractivity contribution in [2.24, 2.45) is 5.41 Å². The van der Waals surface area contributed by atoms with Crippen LogP contribution in [0.25, 0.3) is 0 Å². The molecule has 3 rings (SSSR count). The van der Waals surface area contributed by atoms with Gasteiger partial charge in [0.2, 0.25) is 5.95 Å². The molecule has 19 heavy (non-hydrogen) atoms. The van der Waals surface area contributed by atoms with Crippen LogP contribution in [-0.4, -0.2) is 39.2 Å². The van der Waals surface area contributed by atoms with Crippen LogP contribution in [-0.2, 0) is 6.54 Å². The molecule has 0 amide bonds. The van der Waals surface area contributed by atoms with Gasteiger partial charge < -0.3 is 10.8 Å². The third kappa shape index (κ3) is 2.58. The topological polar surface area (TPSA) is 75.3 Å². The van der Waals surface area contributed by atoms with Crippen molar-refractivity contribution >= 4 is 5.95 Å². The van der Waals surface area contributed by atoms with Crippen molar-refractivity contribution in [3.05, 3.63) is 18.0 Å². The molecule has 1 saturated carbocycles. The van der Waals surface area contributed by atoms with E-state index in [1.165, 1.54) is 25.7 Å². The lowest BCUT2D eigenvalue weighted by Crippen LogP contribution is -2.46. The predicted octanol–water partition coefficient (Wildman–Crippen LogP) is 1.19. The Morgan fingerprint density at radius 1 is 1.32 bits per heavy atom. The van der Waals surface area contributed by atoms with Crippen LogP contribution in [0.1, 0.15) is 37.7 Å². The highest BCUT2D eigenvalue weighted by atomic mass is 16.3. The highest BCUT2D eigenvalue weighted by molar-refractivity contribution is 5.17. The monoisotopic (exact) mass is 262 g/mol. The van der Waals surface area contributed by atoms with Crippen molar-refractivity contribution in [2.75, 3.05) is 18.8 Å². The quantitative estimate of drug-likeness (QED) is 0.837. The molecule has 0 unspecified atom stereocenters. The van der Waals surface area contributed by atoms with E-state index in [1.807, 2.05) is 0 Å². The summed E-state index contributed by atoms with van der Waals surface area (Å²) in [7, 11) is 0. The van der Waals surface area contributed by atoms with Crippen LogP contribution in [0, 0.1) is 5.41 Å². The summed E-state index contributed by atoms with van der Waals surface area (Å²) in [6.45, 7) is 2.95. The van der Waals surface area contributed by atoms with Crippen LogP contribution in [0.3, 0.4) is 0 Å². The average molecular weight is 262 g/mol. The summed E-state index contributed by atoms with van der Waals surface area (Å²) in [5, 5.41) is 10.3. The summed E-state index contributed by atoms with van der Waals surface area (Å²) < 4.78 is 0. The minimum atomic E-state index is -0.113. The van der Waals surface area contributed by atoms with Crippen LogP contribution in [0.4, 0.5) is 5.95 Å². The number of nitrogens with two attached hydrogens (primary N) is 1. The Balaban J connectivity index is 1.67. The second kappa shape index (κ2) is 5.06. The summed E-state index contributed by atoms with van der Waals surface area (Å²) in [5.41, 5.74) is 6.75. The molecule has 1 aliphatic carbocycles. The summed E-state index contributed by atoms with van der Waals surface area (Å²) in [4.78, 5) is 10.5. The van der Waals surface area contributed by atoms with E-state index in [9.17, 15) is 5.11 Å². The molecule has 1 aromatic rings. The smallest absolute Gasteiger partial charge is 0.219 e. The molecule has 1 aromatic heterocycles. The van der Waals surface area contributed by atoms with Gasteiger partial charge in [0.25, 0.3) is 0 Å². The van der Waals surface area contributed by atoms with Gasteiger partial charge in [-0.3, -0.25) is 4.90 Å². The lowest BCUT2D eigenvalue weighted by molar-refractivity contribution is -0.0120. The van der Waals surface area contributed by atoms with Gasteiger partial charge in [-0.05, 0) is 32.2 Å². The maximum Gasteiger partial charge on any atom is 0.219 e. The van der Waals surface area contributed by atoms with Crippen LogP contribution in [0.5, 0.6) is 0 Å². The fraction of sp³-hybridized carbons (Fsp3) is 0.714. The Morgan fingerprint density at radius 3 is 2.74 bits per heavy atom. The molecular weight excluding hydrogens is 240 g/mol. The zero-order valence-electron chi connectivity index (χ0n) is 11.3. The molecule has 5 nitrogen and oxygen atoms in total. The summed E-state index contributed by atoms with van der Waals surface area (Å²) in [6, 6.07) is 0. The van der Waals surface area contributed by atoms with E-state index in [4.69, 9.17) is 5.73 Å². The highest BCUT2D eigenvalue weighted by Gasteiger charge is 2.44. The fourth-order valence-corrected chi connectivity index (χ4v) is 3.69. The van der Waals surface area contributed by atoms with Crippen LogP contribution >= 0.6 is 0 Å². The summed E-state index contributed by atoms with van der Waals surface area (Å²) >= 11 is 0. The van der Waals surface area contributed by atoms with Crippen LogP contribution in [0.2, 0.25) is 0 Å². The molecule has 2 fully saturated rings. The van der Waals surface area contributed by atoms with Crippen molar-refractivity contribution in [3.63, 3.8) is 0 Å². The van der Waals surface area contributed by atoms with Crippen LogP contribution < -0.4 is 5.73 Å². The highest BCUT2D eigenvalue weighted by Crippen LogP contribution is 2.45. The van der Waals surface area contributed by atoms with Gasteiger partial charge in [-0.15, -0.1) is 0 Å². The Hall–Kier alpha value is -1.20.